The molecule has 1 aliphatic rings. The van der Waals surface area contributed by atoms with Gasteiger partial charge in [0.25, 0.3) is 0 Å². The second kappa shape index (κ2) is 8.71. The molecule has 29 heavy (non-hydrogen) atoms. The van der Waals surface area contributed by atoms with Gasteiger partial charge in [0, 0.05) is 38.2 Å². The Hall–Kier alpha value is -2.13. The van der Waals surface area contributed by atoms with Crippen LogP contribution < -0.4 is 11.1 Å². The van der Waals surface area contributed by atoms with Crippen LogP contribution in [0.1, 0.15) is 46.5 Å². The van der Waals surface area contributed by atoms with Gasteiger partial charge in [0.2, 0.25) is 15.9 Å². The number of benzene rings is 1. The molecule has 1 saturated heterocycles. The molecule has 1 aromatic carbocycles. The summed E-state index contributed by atoms with van der Waals surface area (Å²) in [4.78, 5) is 24.0. The number of amides is 1. The van der Waals surface area contributed by atoms with Crippen LogP contribution >= 0.6 is 0 Å². The molecule has 9 heteroatoms. The van der Waals surface area contributed by atoms with E-state index in [0.29, 0.717) is 44.4 Å². The highest BCUT2D eigenvalue weighted by molar-refractivity contribution is 7.89. The van der Waals surface area contributed by atoms with E-state index in [0.717, 1.165) is 6.42 Å². The molecule has 0 spiro atoms. The molecule has 3 rings (SSSR count). The first-order valence-corrected chi connectivity index (χ1v) is 11.6. The van der Waals surface area contributed by atoms with E-state index in [2.05, 4.69) is 5.32 Å². The monoisotopic (exact) mass is 423 g/mol. The van der Waals surface area contributed by atoms with Crippen molar-refractivity contribution in [3.63, 3.8) is 0 Å². The van der Waals surface area contributed by atoms with E-state index in [1.165, 1.54) is 21.0 Å². The quantitative estimate of drug-likeness (QED) is 0.736. The largest absolute Gasteiger partial charge is 0.419 e. The van der Waals surface area contributed by atoms with Gasteiger partial charge in [-0.15, -0.1) is 0 Å². The fourth-order valence-electron chi connectivity index (χ4n) is 3.71. The molecule has 160 valence electrons. The number of nitrogens with one attached hydrogen (secondary N) is 1. The van der Waals surface area contributed by atoms with Crippen molar-refractivity contribution < 1.29 is 17.6 Å². The van der Waals surface area contributed by atoms with Crippen molar-refractivity contribution in [2.24, 2.45) is 5.92 Å². The van der Waals surface area contributed by atoms with Gasteiger partial charge in [-0.05, 0) is 51.2 Å². The zero-order valence-electron chi connectivity index (χ0n) is 17.2. The first-order chi connectivity index (χ1) is 13.8. The average Bonchev–Trinajstić information content (AvgIpc) is 3.02. The van der Waals surface area contributed by atoms with Crippen molar-refractivity contribution in [1.29, 1.82) is 0 Å². The van der Waals surface area contributed by atoms with E-state index in [1.54, 1.807) is 6.07 Å². The summed E-state index contributed by atoms with van der Waals surface area (Å²) in [6.07, 6.45) is 2.61. The summed E-state index contributed by atoms with van der Waals surface area (Å²) < 4.78 is 34.2. The maximum atomic E-state index is 13.0. The summed E-state index contributed by atoms with van der Waals surface area (Å²) in [6, 6.07) is 4.71. The lowest BCUT2D eigenvalue weighted by Crippen LogP contribution is -2.40. The number of rotatable bonds is 7. The van der Waals surface area contributed by atoms with Gasteiger partial charge in [-0.1, -0.05) is 6.92 Å². The van der Waals surface area contributed by atoms with Crippen LogP contribution in [0.15, 0.2) is 32.3 Å². The minimum absolute atomic E-state index is 0.0292. The molecule has 0 aliphatic carbocycles. The van der Waals surface area contributed by atoms with Crippen LogP contribution in [-0.2, 0) is 21.4 Å². The van der Waals surface area contributed by atoms with Crippen LogP contribution in [0, 0.1) is 5.92 Å². The van der Waals surface area contributed by atoms with E-state index in [-0.39, 0.29) is 28.3 Å². The van der Waals surface area contributed by atoms with Crippen molar-refractivity contribution in [2.45, 2.75) is 63.9 Å². The molecule has 0 radical (unpaired) electrons. The van der Waals surface area contributed by atoms with Crippen molar-refractivity contribution in [2.75, 3.05) is 13.1 Å². The number of aryl methyl sites for hydroxylation is 1. The maximum absolute atomic E-state index is 13.0. The number of piperidine rings is 1. The van der Waals surface area contributed by atoms with Gasteiger partial charge in [-0.2, -0.15) is 4.31 Å². The Balaban J connectivity index is 1.68. The third kappa shape index (κ3) is 4.56. The summed E-state index contributed by atoms with van der Waals surface area (Å²) in [7, 11) is -3.68. The molecule has 0 unspecified atom stereocenters. The number of sulfonamides is 1. The van der Waals surface area contributed by atoms with Gasteiger partial charge >= 0.3 is 5.76 Å². The minimum Gasteiger partial charge on any atom is -0.408 e. The molecule has 0 bridgehead atoms. The molecule has 1 N–H and O–H groups in total. The number of aromatic nitrogens is 1. The molecule has 0 saturated carbocycles. The zero-order chi connectivity index (χ0) is 21.2. The molecular formula is C20H29N3O5S. The minimum atomic E-state index is -3.68. The van der Waals surface area contributed by atoms with Crippen LogP contribution in [0.3, 0.4) is 0 Å². The van der Waals surface area contributed by atoms with Gasteiger partial charge in [0.05, 0.1) is 10.4 Å². The molecule has 2 aromatic rings. The third-order valence-electron chi connectivity index (χ3n) is 5.66. The topological polar surface area (TPSA) is 102 Å². The Labute approximate surface area is 170 Å². The number of carbonyl (C=O) groups is 1. The highest BCUT2D eigenvalue weighted by atomic mass is 32.2. The summed E-state index contributed by atoms with van der Waals surface area (Å²) in [5.74, 6) is -0.278. The Morgan fingerprint density at radius 2 is 1.97 bits per heavy atom. The average molecular weight is 424 g/mol. The molecule has 8 nitrogen and oxygen atoms in total. The number of carbonyl (C=O) groups excluding carboxylic acids is 1. The molecule has 1 aromatic heterocycles. The van der Waals surface area contributed by atoms with Gasteiger partial charge < -0.3 is 9.73 Å². The van der Waals surface area contributed by atoms with Gasteiger partial charge in [0.1, 0.15) is 0 Å². The zero-order valence-corrected chi connectivity index (χ0v) is 18.0. The van der Waals surface area contributed by atoms with E-state index < -0.39 is 15.8 Å². The summed E-state index contributed by atoms with van der Waals surface area (Å²) in [6.45, 7) is 7.03. The van der Waals surface area contributed by atoms with Gasteiger partial charge in [-0.3, -0.25) is 9.36 Å². The molecule has 2 heterocycles. The fourth-order valence-corrected chi connectivity index (χ4v) is 5.19. The van der Waals surface area contributed by atoms with Crippen LogP contribution in [0.25, 0.3) is 11.1 Å². The molecule has 1 aliphatic heterocycles. The van der Waals surface area contributed by atoms with E-state index in [9.17, 15) is 18.0 Å². The molecule has 1 fully saturated rings. The van der Waals surface area contributed by atoms with E-state index in [4.69, 9.17) is 4.42 Å². The Morgan fingerprint density at radius 3 is 2.59 bits per heavy atom. The van der Waals surface area contributed by atoms with Crippen LogP contribution in [0.4, 0.5) is 0 Å². The molecule has 1 atom stereocenters. The van der Waals surface area contributed by atoms with E-state index >= 15 is 0 Å². The van der Waals surface area contributed by atoms with Crippen molar-refractivity contribution in [3.8, 4) is 0 Å². The highest BCUT2D eigenvalue weighted by Gasteiger charge is 2.30. The Bertz CT molecular complexity index is 1030. The predicted molar refractivity (Wildman–Crippen MR) is 110 cm³/mol. The lowest BCUT2D eigenvalue weighted by atomic mass is 9.94. The van der Waals surface area contributed by atoms with Crippen molar-refractivity contribution >= 4 is 27.0 Å². The van der Waals surface area contributed by atoms with Gasteiger partial charge in [0.15, 0.2) is 5.58 Å². The SMILES string of the molecule is CC[C@H](C)NC(=O)CC1CCN(S(=O)(=O)c2ccc3c(c2)oc(=O)n3CC)CC1. The van der Waals surface area contributed by atoms with E-state index in [1.807, 2.05) is 20.8 Å². The summed E-state index contributed by atoms with van der Waals surface area (Å²) in [5, 5.41) is 2.96. The Morgan fingerprint density at radius 1 is 1.28 bits per heavy atom. The standard InChI is InChI=1S/C20H29N3O5S/c1-4-14(3)21-19(24)12-15-8-10-22(11-9-15)29(26,27)16-6-7-17-18(13-16)28-20(25)23(17)5-2/h6-7,13-15H,4-5,8-12H2,1-3H3,(H,21,24)/t14-/m0/s1. The van der Waals surface area contributed by atoms with Crippen molar-refractivity contribution in [1.82, 2.24) is 14.2 Å². The number of hydrogen-bond acceptors (Lipinski definition) is 5. The number of hydrogen-bond donors (Lipinski definition) is 1. The van der Waals surface area contributed by atoms with Crippen LogP contribution in [-0.4, -0.2) is 42.3 Å². The molecular weight excluding hydrogens is 394 g/mol. The smallest absolute Gasteiger partial charge is 0.408 e. The van der Waals surface area contributed by atoms with Crippen LogP contribution in [0.5, 0.6) is 0 Å². The highest BCUT2D eigenvalue weighted by Crippen LogP contribution is 2.27. The molecule has 1 amide bonds. The number of oxazole rings is 1. The van der Waals surface area contributed by atoms with Gasteiger partial charge in [-0.25, -0.2) is 13.2 Å². The lowest BCUT2D eigenvalue weighted by Gasteiger charge is -2.31. The first-order valence-electron chi connectivity index (χ1n) is 10.2. The van der Waals surface area contributed by atoms with Crippen LogP contribution in [0.2, 0.25) is 0 Å². The Kier molecular flexibility index (Phi) is 6.48. The number of nitrogens with zero attached hydrogens (tertiary/aromatic N) is 2. The maximum Gasteiger partial charge on any atom is 0.419 e. The third-order valence-corrected chi connectivity index (χ3v) is 7.56. The second-order valence-electron chi connectivity index (χ2n) is 7.67. The second-order valence-corrected chi connectivity index (χ2v) is 9.61. The first kappa shape index (κ1) is 21.6. The summed E-state index contributed by atoms with van der Waals surface area (Å²) >= 11 is 0. The lowest BCUT2D eigenvalue weighted by molar-refractivity contribution is -0.122. The number of fused-ring (bicyclic) bond motifs is 1. The van der Waals surface area contributed by atoms with Crippen molar-refractivity contribution in [3.05, 3.63) is 28.7 Å². The predicted octanol–water partition coefficient (Wildman–Crippen LogP) is 2.32. The fraction of sp³-hybridized carbons (Fsp3) is 0.600. The summed E-state index contributed by atoms with van der Waals surface area (Å²) in [5.41, 5.74) is 0.858. The normalized spacial score (nSPS) is 17.5.